The first-order valence-electron chi connectivity index (χ1n) is 8.44. The molecular weight excluding hydrogens is 348 g/mol. The minimum atomic E-state index is -0.561. The average molecular weight is 366 g/mol. The number of benzene rings is 2. The lowest BCUT2D eigenvalue weighted by Crippen LogP contribution is -2.19. The van der Waals surface area contributed by atoms with Crippen molar-refractivity contribution in [2.24, 2.45) is 11.0 Å². The summed E-state index contributed by atoms with van der Waals surface area (Å²) >= 11 is 0. The molecular formula is C19H18N4O4. The van der Waals surface area contributed by atoms with E-state index in [9.17, 15) is 19.7 Å². The molecule has 27 heavy (non-hydrogen) atoms. The van der Waals surface area contributed by atoms with Crippen molar-refractivity contribution in [3.63, 3.8) is 0 Å². The molecule has 8 nitrogen and oxygen atoms in total. The molecule has 0 unspecified atom stereocenters. The number of nitro groups is 1. The number of nitro benzene ring substituents is 1. The zero-order chi connectivity index (χ0) is 19.4. The average Bonchev–Trinajstić information content (AvgIpc) is 3.52. The Morgan fingerprint density at radius 1 is 1.11 bits per heavy atom. The molecule has 1 aliphatic rings. The molecule has 2 aromatic carbocycles. The Hall–Kier alpha value is -3.55. The van der Waals surface area contributed by atoms with Gasteiger partial charge in [-0.1, -0.05) is 18.2 Å². The summed E-state index contributed by atoms with van der Waals surface area (Å²) in [4.78, 5) is 34.1. The van der Waals surface area contributed by atoms with E-state index in [0.29, 0.717) is 11.4 Å². The van der Waals surface area contributed by atoms with E-state index in [1.807, 2.05) is 0 Å². The first-order chi connectivity index (χ1) is 12.9. The zero-order valence-corrected chi connectivity index (χ0v) is 14.6. The molecule has 2 amide bonds. The monoisotopic (exact) mass is 366 g/mol. The minimum Gasteiger partial charge on any atom is -0.326 e. The van der Waals surface area contributed by atoms with Crippen LogP contribution in [0.1, 0.15) is 35.7 Å². The van der Waals surface area contributed by atoms with Crippen molar-refractivity contribution in [2.45, 2.75) is 19.8 Å². The van der Waals surface area contributed by atoms with E-state index in [2.05, 4.69) is 15.8 Å². The van der Waals surface area contributed by atoms with Crippen molar-refractivity contribution in [3.8, 4) is 0 Å². The zero-order valence-electron chi connectivity index (χ0n) is 14.6. The van der Waals surface area contributed by atoms with Crippen LogP contribution in [0.5, 0.6) is 0 Å². The van der Waals surface area contributed by atoms with E-state index in [4.69, 9.17) is 0 Å². The lowest BCUT2D eigenvalue weighted by Gasteiger charge is -2.06. The molecule has 2 N–H and O–H groups in total. The number of anilines is 1. The van der Waals surface area contributed by atoms with Crippen LogP contribution in [-0.4, -0.2) is 22.4 Å². The summed E-state index contributed by atoms with van der Waals surface area (Å²) in [5.41, 5.74) is 4.43. The van der Waals surface area contributed by atoms with Gasteiger partial charge in [-0.15, -0.1) is 0 Å². The number of hydrogen-bond donors (Lipinski definition) is 2. The molecule has 1 saturated carbocycles. The quantitative estimate of drug-likeness (QED) is 0.464. The lowest BCUT2D eigenvalue weighted by atomic mass is 10.1. The summed E-state index contributed by atoms with van der Waals surface area (Å²) in [6.45, 7) is 1.73. The normalized spacial score (nSPS) is 13.7. The van der Waals surface area contributed by atoms with Crippen molar-refractivity contribution >= 4 is 28.9 Å². The number of carbonyl (C=O) groups is 2. The predicted molar refractivity (Wildman–Crippen MR) is 101 cm³/mol. The highest BCUT2D eigenvalue weighted by Crippen LogP contribution is 2.30. The van der Waals surface area contributed by atoms with Gasteiger partial charge in [-0.2, -0.15) is 5.10 Å². The summed E-state index contributed by atoms with van der Waals surface area (Å²) in [5, 5.41) is 17.7. The Morgan fingerprint density at radius 3 is 2.44 bits per heavy atom. The summed E-state index contributed by atoms with van der Waals surface area (Å²) in [6, 6.07) is 12.6. The largest absolute Gasteiger partial charge is 0.326 e. The van der Waals surface area contributed by atoms with E-state index in [1.54, 1.807) is 31.2 Å². The van der Waals surface area contributed by atoms with Crippen LogP contribution < -0.4 is 10.7 Å². The highest BCUT2D eigenvalue weighted by atomic mass is 16.6. The Bertz CT molecular complexity index is 918. The molecule has 0 radical (unpaired) electrons. The fourth-order valence-electron chi connectivity index (χ4n) is 2.41. The summed E-state index contributed by atoms with van der Waals surface area (Å²) < 4.78 is 0. The number of hydrogen-bond acceptors (Lipinski definition) is 5. The second-order valence-corrected chi connectivity index (χ2v) is 6.29. The predicted octanol–water partition coefficient (Wildman–Crippen LogP) is 3.10. The van der Waals surface area contributed by atoms with Crippen LogP contribution in [0.15, 0.2) is 53.6 Å². The number of rotatable bonds is 6. The molecule has 0 spiro atoms. The highest BCUT2D eigenvalue weighted by molar-refractivity contribution is 6.01. The molecule has 0 heterocycles. The maximum Gasteiger partial charge on any atom is 0.271 e. The number of amides is 2. The molecule has 0 atom stereocenters. The third-order valence-electron chi connectivity index (χ3n) is 4.16. The fraction of sp³-hybridized carbons (Fsp3) is 0.211. The summed E-state index contributed by atoms with van der Waals surface area (Å²) in [5.74, 6) is -0.360. The summed E-state index contributed by atoms with van der Waals surface area (Å²) in [7, 11) is 0. The van der Waals surface area contributed by atoms with Crippen molar-refractivity contribution in [1.82, 2.24) is 5.43 Å². The maximum atomic E-state index is 12.1. The molecule has 0 bridgehead atoms. The topological polar surface area (TPSA) is 114 Å². The van der Waals surface area contributed by atoms with Crippen LogP contribution in [0.4, 0.5) is 11.4 Å². The van der Waals surface area contributed by atoms with Crippen LogP contribution in [0, 0.1) is 16.0 Å². The first kappa shape index (κ1) is 18.2. The smallest absolute Gasteiger partial charge is 0.271 e. The van der Waals surface area contributed by atoms with Gasteiger partial charge >= 0.3 is 0 Å². The SMILES string of the molecule is C/C(=N\NC(=O)c1cccc([N+](=O)[O-])c1)c1ccc(NC(=O)C2CC2)cc1. The Balaban J connectivity index is 1.62. The second-order valence-electron chi connectivity index (χ2n) is 6.29. The van der Waals surface area contributed by atoms with Crippen molar-refractivity contribution in [2.75, 3.05) is 5.32 Å². The number of carbonyl (C=O) groups excluding carboxylic acids is 2. The van der Waals surface area contributed by atoms with E-state index >= 15 is 0 Å². The van der Waals surface area contributed by atoms with E-state index in [1.165, 1.54) is 24.3 Å². The van der Waals surface area contributed by atoms with E-state index < -0.39 is 10.8 Å². The number of nitrogens with zero attached hydrogens (tertiary/aromatic N) is 2. The fourth-order valence-corrected chi connectivity index (χ4v) is 2.41. The lowest BCUT2D eigenvalue weighted by molar-refractivity contribution is -0.384. The van der Waals surface area contributed by atoms with Crippen molar-refractivity contribution in [3.05, 3.63) is 69.8 Å². The molecule has 138 valence electrons. The van der Waals surface area contributed by atoms with Crippen molar-refractivity contribution < 1.29 is 14.5 Å². The van der Waals surface area contributed by atoms with Gasteiger partial charge < -0.3 is 5.32 Å². The molecule has 1 aliphatic carbocycles. The van der Waals surface area contributed by atoms with E-state index in [0.717, 1.165) is 18.4 Å². The first-order valence-corrected chi connectivity index (χ1v) is 8.44. The van der Waals surface area contributed by atoms with Gasteiger partial charge in [0, 0.05) is 29.3 Å². The van der Waals surface area contributed by atoms with Crippen LogP contribution in [0.2, 0.25) is 0 Å². The maximum absolute atomic E-state index is 12.1. The van der Waals surface area contributed by atoms with Crippen LogP contribution in [-0.2, 0) is 4.79 Å². The molecule has 8 heteroatoms. The minimum absolute atomic E-state index is 0.0392. The Labute approximate surface area is 155 Å². The van der Waals surface area contributed by atoms with Crippen LogP contribution in [0.3, 0.4) is 0 Å². The number of non-ortho nitro benzene ring substituents is 1. The van der Waals surface area contributed by atoms with Gasteiger partial charge in [0.05, 0.1) is 10.6 Å². The Kier molecular flexibility index (Phi) is 5.25. The van der Waals surface area contributed by atoms with Gasteiger partial charge in [0.1, 0.15) is 0 Å². The molecule has 1 fully saturated rings. The summed E-state index contributed by atoms with van der Waals surface area (Å²) in [6.07, 6.45) is 1.89. The van der Waals surface area contributed by atoms with Crippen molar-refractivity contribution in [1.29, 1.82) is 0 Å². The molecule has 0 aliphatic heterocycles. The number of hydrazone groups is 1. The Morgan fingerprint density at radius 2 is 1.81 bits per heavy atom. The standard InChI is InChI=1S/C19H18N4O4/c1-12(13-7-9-16(10-8-13)20-18(24)14-5-6-14)21-22-19(25)15-3-2-4-17(11-15)23(26)27/h2-4,7-11,14H,5-6H2,1H3,(H,20,24)(H,22,25)/b21-12+. The van der Waals surface area contributed by atoms with Gasteiger partial charge in [-0.25, -0.2) is 5.43 Å². The molecule has 0 saturated heterocycles. The third kappa shape index (κ3) is 4.75. The van der Waals surface area contributed by atoms with E-state index in [-0.39, 0.29) is 23.1 Å². The highest BCUT2D eigenvalue weighted by Gasteiger charge is 2.29. The van der Waals surface area contributed by atoms with Gasteiger partial charge in [-0.3, -0.25) is 19.7 Å². The molecule has 3 rings (SSSR count). The van der Waals surface area contributed by atoms with Gasteiger partial charge in [0.2, 0.25) is 5.91 Å². The van der Waals surface area contributed by atoms with Gasteiger partial charge in [0.25, 0.3) is 11.6 Å². The van der Waals surface area contributed by atoms with Crippen LogP contribution in [0.25, 0.3) is 0 Å². The van der Waals surface area contributed by atoms with Gasteiger partial charge in [0.15, 0.2) is 0 Å². The van der Waals surface area contributed by atoms with Crippen LogP contribution >= 0.6 is 0 Å². The second kappa shape index (κ2) is 7.77. The molecule has 2 aromatic rings. The van der Waals surface area contributed by atoms with Gasteiger partial charge in [-0.05, 0) is 43.5 Å². The number of nitrogens with one attached hydrogen (secondary N) is 2. The third-order valence-corrected chi connectivity index (χ3v) is 4.16. The molecule has 0 aromatic heterocycles.